The summed E-state index contributed by atoms with van der Waals surface area (Å²) >= 11 is 0. The minimum absolute atomic E-state index is 0.587. The first-order valence-electron chi connectivity index (χ1n) is 5.83. The number of hydrogen-bond donors (Lipinski definition) is 0. The van der Waals surface area contributed by atoms with Gasteiger partial charge >= 0.3 is 0 Å². The number of hydrogen-bond acceptors (Lipinski definition) is 1. The van der Waals surface area contributed by atoms with Crippen molar-refractivity contribution in [3.63, 3.8) is 0 Å². The normalized spacial score (nSPS) is 39.9. The molecule has 2 fully saturated rings. The Balaban J connectivity index is 2.00. The van der Waals surface area contributed by atoms with Crippen LogP contribution in [0.3, 0.4) is 0 Å². The molecule has 2 atom stereocenters. The van der Waals surface area contributed by atoms with Gasteiger partial charge in [-0.25, -0.2) is 0 Å². The topological polar surface area (TPSA) is 3.24 Å². The fourth-order valence-electron chi connectivity index (χ4n) is 3.24. The molecule has 1 heterocycles. The van der Waals surface area contributed by atoms with Crippen molar-refractivity contribution in [2.45, 2.75) is 52.5 Å². The maximum Gasteiger partial charge on any atom is 0.0146 e. The van der Waals surface area contributed by atoms with E-state index in [0.717, 1.165) is 12.0 Å². The summed E-state index contributed by atoms with van der Waals surface area (Å²) in [6, 6.07) is 0.887. The molecule has 2 unspecified atom stereocenters. The molecule has 1 aliphatic heterocycles. The van der Waals surface area contributed by atoms with Gasteiger partial charge in [0.05, 0.1) is 0 Å². The summed E-state index contributed by atoms with van der Waals surface area (Å²) in [7, 11) is 0. The Morgan fingerprint density at radius 3 is 2.46 bits per heavy atom. The van der Waals surface area contributed by atoms with Crippen molar-refractivity contribution in [2.75, 3.05) is 13.1 Å². The smallest absolute Gasteiger partial charge is 0.0146 e. The molecule has 0 aromatic heterocycles. The van der Waals surface area contributed by atoms with Gasteiger partial charge in [-0.1, -0.05) is 27.2 Å². The Bertz CT molecular complexity index is 186. The summed E-state index contributed by atoms with van der Waals surface area (Å²) in [5.41, 5.74) is 0.587. The third-order valence-electron chi connectivity index (χ3n) is 4.10. The number of rotatable bonds is 1. The molecular weight excluding hydrogens is 158 g/mol. The van der Waals surface area contributed by atoms with E-state index >= 15 is 0 Å². The highest BCUT2D eigenvalue weighted by Crippen LogP contribution is 2.41. The van der Waals surface area contributed by atoms with Crippen molar-refractivity contribution in [3.8, 4) is 0 Å². The van der Waals surface area contributed by atoms with Gasteiger partial charge in [-0.05, 0) is 37.1 Å². The van der Waals surface area contributed by atoms with Crippen LogP contribution in [0.4, 0.5) is 0 Å². The highest BCUT2D eigenvalue weighted by Gasteiger charge is 2.39. The first kappa shape index (κ1) is 9.51. The van der Waals surface area contributed by atoms with Crippen LogP contribution in [0.5, 0.6) is 0 Å². The van der Waals surface area contributed by atoms with Gasteiger partial charge in [0, 0.05) is 12.6 Å². The van der Waals surface area contributed by atoms with Gasteiger partial charge in [0.2, 0.25) is 0 Å². The average molecular weight is 181 g/mol. The van der Waals surface area contributed by atoms with Gasteiger partial charge in [0.1, 0.15) is 0 Å². The largest absolute Gasteiger partial charge is 0.300 e. The van der Waals surface area contributed by atoms with E-state index in [1.54, 1.807) is 0 Å². The second-order valence-corrected chi connectivity index (χ2v) is 5.79. The van der Waals surface area contributed by atoms with Crippen LogP contribution in [0.15, 0.2) is 0 Å². The molecule has 0 radical (unpaired) electrons. The third-order valence-corrected chi connectivity index (χ3v) is 4.10. The zero-order valence-electron chi connectivity index (χ0n) is 9.34. The lowest BCUT2D eigenvalue weighted by molar-refractivity contribution is 0.136. The monoisotopic (exact) mass is 181 g/mol. The minimum Gasteiger partial charge on any atom is -0.300 e. The van der Waals surface area contributed by atoms with Crippen molar-refractivity contribution in [3.05, 3.63) is 0 Å². The predicted molar refractivity (Wildman–Crippen MR) is 56.8 cm³/mol. The van der Waals surface area contributed by atoms with E-state index < -0.39 is 0 Å². The van der Waals surface area contributed by atoms with E-state index in [0.29, 0.717) is 5.41 Å². The molecule has 1 aliphatic carbocycles. The molecule has 0 amide bonds. The second kappa shape index (κ2) is 3.27. The molecule has 1 nitrogen and oxygen atoms in total. The van der Waals surface area contributed by atoms with Crippen LogP contribution in [-0.2, 0) is 0 Å². The molecule has 0 aromatic rings. The summed E-state index contributed by atoms with van der Waals surface area (Å²) in [6.07, 6.45) is 5.75. The van der Waals surface area contributed by atoms with E-state index in [9.17, 15) is 0 Å². The van der Waals surface area contributed by atoms with Crippen molar-refractivity contribution >= 4 is 0 Å². The Kier molecular flexibility index (Phi) is 2.39. The van der Waals surface area contributed by atoms with Crippen LogP contribution in [0.25, 0.3) is 0 Å². The molecule has 0 aromatic carbocycles. The van der Waals surface area contributed by atoms with Crippen LogP contribution in [-0.4, -0.2) is 24.0 Å². The fraction of sp³-hybridized carbons (Fsp3) is 1.00. The van der Waals surface area contributed by atoms with Gasteiger partial charge < -0.3 is 0 Å². The van der Waals surface area contributed by atoms with Gasteiger partial charge in [0.25, 0.3) is 0 Å². The lowest BCUT2D eigenvalue weighted by Crippen LogP contribution is -2.40. The molecular formula is C12H23N. The SMILES string of the molecule is CC1CCN(C2CCCC2(C)C)C1. The molecule has 76 valence electrons. The van der Waals surface area contributed by atoms with E-state index in [1.165, 1.54) is 38.8 Å². The number of likely N-dealkylation sites (tertiary alicyclic amines) is 1. The van der Waals surface area contributed by atoms with Crippen LogP contribution in [0.1, 0.15) is 46.5 Å². The predicted octanol–water partition coefficient (Wildman–Crippen LogP) is 2.91. The van der Waals surface area contributed by atoms with E-state index in [-0.39, 0.29) is 0 Å². The highest BCUT2D eigenvalue weighted by molar-refractivity contribution is 4.94. The first-order chi connectivity index (χ1) is 6.09. The van der Waals surface area contributed by atoms with Crippen LogP contribution >= 0.6 is 0 Å². The average Bonchev–Trinajstić information content (AvgIpc) is 2.56. The Morgan fingerprint density at radius 1 is 1.23 bits per heavy atom. The summed E-state index contributed by atoms with van der Waals surface area (Å²) in [5, 5.41) is 0. The zero-order valence-corrected chi connectivity index (χ0v) is 9.34. The molecule has 2 rings (SSSR count). The third kappa shape index (κ3) is 1.76. The Labute approximate surface area is 82.5 Å². The minimum atomic E-state index is 0.587. The fourth-order valence-corrected chi connectivity index (χ4v) is 3.24. The molecule has 13 heavy (non-hydrogen) atoms. The maximum atomic E-state index is 2.75. The molecule has 0 N–H and O–H groups in total. The van der Waals surface area contributed by atoms with Gasteiger partial charge in [-0.2, -0.15) is 0 Å². The van der Waals surface area contributed by atoms with Crippen molar-refractivity contribution in [1.82, 2.24) is 4.90 Å². The zero-order chi connectivity index (χ0) is 9.47. The molecule has 1 saturated carbocycles. The Morgan fingerprint density at radius 2 is 2.00 bits per heavy atom. The van der Waals surface area contributed by atoms with Crippen LogP contribution < -0.4 is 0 Å². The summed E-state index contributed by atoms with van der Waals surface area (Å²) in [5.74, 6) is 0.941. The number of nitrogens with zero attached hydrogens (tertiary/aromatic N) is 1. The van der Waals surface area contributed by atoms with Crippen LogP contribution in [0, 0.1) is 11.3 Å². The maximum absolute atomic E-state index is 2.75. The van der Waals surface area contributed by atoms with Crippen molar-refractivity contribution in [1.29, 1.82) is 0 Å². The van der Waals surface area contributed by atoms with Gasteiger partial charge in [-0.15, -0.1) is 0 Å². The summed E-state index contributed by atoms with van der Waals surface area (Å²) < 4.78 is 0. The lowest BCUT2D eigenvalue weighted by Gasteiger charge is -2.35. The Hall–Kier alpha value is -0.0400. The van der Waals surface area contributed by atoms with E-state index in [1.807, 2.05) is 0 Å². The summed E-state index contributed by atoms with van der Waals surface area (Å²) in [4.78, 5) is 2.75. The standard InChI is InChI=1S/C12H23N/c1-10-6-8-13(9-10)11-5-4-7-12(11,2)3/h10-11H,4-9H2,1-3H3. The van der Waals surface area contributed by atoms with E-state index in [2.05, 4.69) is 25.7 Å². The quantitative estimate of drug-likeness (QED) is 0.601. The highest BCUT2D eigenvalue weighted by atomic mass is 15.2. The van der Waals surface area contributed by atoms with Crippen molar-refractivity contribution < 1.29 is 0 Å². The molecule has 1 saturated heterocycles. The molecule has 0 spiro atoms. The van der Waals surface area contributed by atoms with Crippen LogP contribution in [0.2, 0.25) is 0 Å². The first-order valence-corrected chi connectivity index (χ1v) is 5.83. The molecule has 0 bridgehead atoms. The molecule has 1 heteroatoms. The lowest BCUT2D eigenvalue weighted by atomic mass is 9.86. The van der Waals surface area contributed by atoms with E-state index in [4.69, 9.17) is 0 Å². The van der Waals surface area contributed by atoms with Gasteiger partial charge in [-0.3, -0.25) is 4.90 Å². The van der Waals surface area contributed by atoms with Gasteiger partial charge in [0.15, 0.2) is 0 Å². The second-order valence-electron chi connectivity index (χ2n) is 5.79. The molecule has 2 aliphatic rings. The summed E-state index contributed by atoms with van der Waals surface area (Å²) in [6.45, 7) is 10.0. The van der Waals surface area contributed by atoms with Crippen molar-refractivity contribution in [2.24, 2.45) is 11.3 Å².